The number of halogens is 1. The summed E-state index contributed by atoms with van der Waals surface area (Å²) in [4.78, 5) is 11.8. The lowest BCUT2D eigenvalue weighted by Gasteiger charge is -2.23. The lowest BCUT2D eigenvalue weighted by Crippen LogP contribution is -2.48. The summed E-state index contributed by atoms with van der Waals surface area (Å²) in [5, 5.41) is 2.75. The Bertz CT molecular complexity index is 599. The maximum Gasteiger partial charge on any atom is 0.258 e. The Morgan fingerprint density at radius 2 is 2.05 bits per heavy atom. The standard InChI is InChI=1S/C13H16INO4S/c1-13(6-7-20(17,18)9-13)15-12(16)8-19-11-4-2-10(14)3-5-11/h2-5H,6-9H2,1H3,(H,15,16). The fourth-order valence-electron chi connectivity index (χ4n) is 2.16. The average Bonchev–Trinajstić information content (AvgIpc) is 2.62. The van der Waals surface area contributed by atoms with Gasteiger partial charge in [-0.1, -0.05) is 0 Å². The fraction of sp³-hybridized carbons (Fsp3) is 0.462. The van der Waals surface area contributed by atoms with Gasteiger partial charge in [0.1, 0.15) is 5.75 Å². The predicted molar refractivity (Wildman–Crippen MR) is 84.5 cm³/mol. The highest BCUT2D eigenvalue weighted by Crippen LogP contribution is 2.22. The highest BCUT2D eigenvalue weighted by Gasteiger charge is 2.39. The van der Waals surface area contributed by atoms with Crippen LogP contribution in [0.2, 0.25) is 0 Å². The summed E-state index contributed by atoms with van der Waals surface area (Å²) in [6, 6.07) is 7.35. The third kappa shape index (κ3) is 4.34. The van der Waals surface area contributed by atoms with E-state index in [4.69, 9.17) is 4.74 Å². The van der Waals surface area contributed by atoms with Gasteiger partial charge in [-0.15, -0.1) is 0 Å². The molecule has 1 unspecified atom stereocenters. The first-order valence-electron chi connectivity index (χ1n) is 6.18. The number of hydrogen-bond acceptors (Lipinski definition) is 4. The Morgan fingerprint density at radius 3 is 2.60 bits per heavy atom. The highest BCUT2D eigenvalue weighted by atomic mass is 127. The molecule has 7 heteroatoms. The molecule has 1 atom stereocenters. The van der Waals surface area contributed by atoms with Gasteiger partial charge in [-0.05, 0) is 60.2 Å². The monoisotopic (exact) mass is 409 g/mol. The molecular weight excluding hydrogens is 393 g/mol. The SMILES string of the molecule is CC1(NC(=O)COc2ccc(I)cc2)CCS(=O)(=O)C1. The maximum absolute atomic E-state index is 11.8. The smallest absolute Gasteiger partial charge is 0.258 e. The van der Waals surface area contributed by atoms with Crippen molar-refractivity contribution in [1.82, 2.24) is 5.32 Å². The van der Waals surface area contributed by atoms with E-state index in [1.807, 2.05) is 12.1 Å². The van der Waals surface area contributed by atoms with Crippen molar-refractivity contribution in [2.24, 2.45) is 0 Å². The molecule has 1 aromatic rings. The second-order valence-electron chi connectivity index (χ2n) is 5.19. The number of ether oxygens (including phenoxy) is 1. The van der Waals surface area contributed by atoms with Gasteiger partial charge in [-0.2, -0.15) is 0 Å². The Kier molecular flexibility index (Phi) is 4.58. The summed E-state index contributed by atoms with van der Waals surface area (Å²) >= 11 is 2.18. The molecule has 0 spiro atoms. The molecular formula is C13H16INO4S. The largest absolute Gasteiger partial charge is 0.484 e. The van der Waals surface area contributed by atoms with Crippen molar-refractivity contribution in [3.05, 3.63) is 27.8 Å². The summed E-state index contributed by atoms with van der Waals surface area (Å²) in [6.07, 6.45) is 0.449. The van der Waals surface area contributed by atoms with Gasteiger partial charge in [-0.25, -0.2) is 8.42 Å². The number of carbonyl (C=O) groups is 1. The zero-order valence-corrected chi connectivity index (χ0v) is 14.0. The Morgan fingerprint density at radius 1 is 1.40 bits per heavy atom. The van der Waals surface area contributed by atoms with Crippen molar-refractivity contribution in [2.45, 2.75) is 18.9 Å². The van der Waals surface area contributed by atoms with E-state index in [2.05, 4.69) is 27.9 Å². The first kappa shape index (κ1) is 15.6. The number of rotatable bonds is 4. The van der Waals surface area contributed by atoms with Crippen LogP contribution in [-0.2, 0) is 14.6 Å². The van der Waals surface area contributed by atoms with E-state index < -0.39 is 15.4 Å². The van der Waals surface area contributed by atoms with Gasteiger partial charge < -0.3 is 10.1 Å². The van der Waals surface area contributed by atoms with Crippen LogP contribution in [0.25, 0.3) is 0 Å². The number of nitrogens with one attached hydrogen (secondary N) is 1. The Hall–Kier alpha value is -0.830. The molecule has 1 fully saturated rings. The van der Waals surface area contributed by atoms with Gasteiger partial charge in [0.25, 0.3) is 5.91 Å². The quantitative estimate of drug-likeness (QED) is 0.763. The molecule has 0 bridgehead atoms. The van der Waals surface area contributed by atoms with E-state index in [1.54, 1.807) is 19.1 Å². The summed E-state index contributed by atoms with van der Waals surface area (Å²) in [7, 11) is -3.03. The van der Waals surface area contributed by atoms with Gasteiger partial charge in [0.2, 0.25) is 0 Å². The minimum Gasteiger partial charge on any atom is -0.484 e. The summed E-state index contributed by atoms with van der Waals surface area (Å²) in [6.45, 7) is 1.64. The van der Waals surface area contributed by atoms with Crippen molar-refractivity contribution < 1.29 is 17.9 Å². The number of benzene rings is 1. The highest BCUT2D eigenvalue weighted by molar-refractivity contribution is 14.1. The molecule has 1 saturated heterocycles. The average molecular weight is 409 g/mol. The Balaban J connectivity index is 1.85. The van der Waals surface area contributed by atoms with Crippen molar-refractivity contribution in [3.63, 3.8) is 0 Å². The van der Waals surface area contributed by atoms with Crippen LogP contribution in [0.1, 0.15) is 13.3 Å². The van der Waals surface area contributed by atoms with E-state index in [0.29, 0.717) is 12.2 Å². The minimum absolute atomic E-state index is 0.00469. The molecule has 1 amide bonds. The van der Waals surface area contributed by atoms with Crippen molar-refractivity contribution in [3.8, 4) is 5.75 Å². The van der Waals surface area contributed by atoms with Gasteiger partial charge in [0, 0.05) is 3.57 Å². The molecule has 0 radical (unpaired) electrons. The van der Waals surface area contributed by atoms with Crippen LogP contribution >= 0.6 is 22.6 Å². The molecule has 0 aromatic heterocycles. The lowest BCUT2D eigenvalue weighted by atomic mass is 10.0. The van der Waals surface area contributed by atoms with Crippen LogP contribution in [0.3, 0.4) is 0 Å². The maximum atomic E-state index is 11.8. The van der Waals surface area contributed by atoms with Gasteiger partial charge in [0.15, 0.2) is 16.4 Å². The topological polar surface area (TPSA) is 72.5 Å². The molecule has 5 nitrogen and oxygen atoms in total. The van der Waals surface area contributed by atoms with Gasteiger partial charge >= 0.3 is 0 Å². The molecule has 1 N–H and O–H groups in total. The second-order valence-corrected chi connectivity index (χ2v) is 8.62. The normalized spacial score (nSPS) is 24.3. The third-order valence-electron chi connectivity index (χ3n) is 3.13. The van der Waals surface area contributed by atoms with E-state index in [9.17, 15) is 13.2 Å². The molecule has 20 heavy (non-hydrogen) atoms. The zero-order valence-electron chi connectivity index (χ0n) is 11.1. The summed E-state index contributed by atoms with van der Waals surface area (Å²) in [5.41, 5.74) is -0.675. The number of hydrogen-bond donors (Lipinski definition) is 1. The lowest BCUT2D eigenvalue weighted by molar-refractivity contribution is -0.124. The second kappa shape index (κ2) is 5.88. The first-order chi connectivity index (χ1) is 9.28. The summed E-state index contributed by atoms with van der Waals surface area (Å²) in [5.74, 6) is 0.435. The van der Waals surface area contributed by atoms with E-state index >= 15 is 0 Å². The molecule has 0 saturated carbocycles. The fourth-order valence-corrected chi connectivity index (χ4v) is 4.61. The Labute approximate surface area is 132 Å². The minimum atomic E-state index is -3.03. The number of amides is 1. The molecule has 1 heterocycles. The molecule has 1 aromatic carbocycles. The van der Waals surface area contributed by atoms with Gasteiger partial charge in [0.05, 0.1) is 17.0 Å². The van der Waals surface area contributed by atoms with E-state index in [0.717, 1.165) is 3.57 Å². The van der Waals surface area contributed by atoms with Crippen molar-refractivity contribution >= 4 is 38.3 Å². The third-order valence-corrected chi connectivity index (χ3v) is 5.75. The molecule has 1 aliphatic heterocycles. The van der Waals surface area contributed by atoms with Crippen LogP contribution in [-0.4, -0.2) is 38.0 Å². The zero-order chi connectivity index (χ0) is 14.8. The molecule has 1 aliphatic rings. The van der Waals surface area contributed by atoms with Crippen LogP contribution < -0.4 is 10.1 Å². The number of carbonyl (C=O) groups excluding carboxylic acids is 1. The van der Waals surface area contributed by atoms with Gasteiger partial charge in [-0.3, -0.25) is 4.79 Å². The van der Waals surface area contributed by atoms with E-state index in [-0.39, 0.29) is 24.0 Å². The number of sulfone groups is 1. The van der Waals surface area contributed by atoms with Crippen LogP contribution in [0.5, 0.6) is 5.75 Å². The molecule has 110 valence electrons. The molecule has 0 aliphatic carbocycles. The predicted octanol–water partition coefficient (Wildman–Crippen LogP) is 1.36. The molecule has 2 rings (SSSR count). The first-order valence-corrected chi connectivity index (χ1v) is 9.08. The van der Waals surface area contributed by atoms with Crippen LogP contribution in [0.4, 0.5) is 0 Å². The van der Waals surface area contributed by atoms with Crippen molar-refractivity contribution in [2.75, 3.05) is 18.1 Å². The van der Waals surface area contributed by atoms with E-state index in [1.165, 1.54) is 0 Å². The van der Waals surface area contributed by atoms with Crippen molar-refractivity contribution in [1.29, 1.82) is 0 Å². The summed E-state index contributed by atoms with van der Waals surface area (Å²) < 4.78 is 29.4. The van der Waals surface area contributed by atoms with Crippen LogP contribution in [0, 0.1) is 3.57 Å². The van der Waals surface area contributed by atoms with Crippen LogP contribution in [0.15, 0.2) is 24.3 Å².